The number of likely N-dealkylation sites (N-methyl/N-ethyl adjacent to an activating group) is 2. The van der Waals surface area contributed by atoms with Crippen LogP contribution in [-0.4, -0.2) is 133 Å². The van der Waals surface area contributed by atoms with Crippen molar-refractivity contribution in [2.45, 2.75) is 168 Å². The topological polar surface area (TPSA) is 239 Å². The first-order chi connectivity index (χ1) is 39.8. The van der Waals surface area contributed by atoms with E-state index in [2.05, 4.69) is 60.4 Å². The van der Waals surface area contributed by atoms with Crippen LogP contribution in [0.3, 0.4) is 0 Å². The van der Waals surface area contributed by atoms with E-state index in [1.807, 2.05) is 97.9 Å². The van der Waals surface area contributed by atoms with Crippen LogP contribution in [0.5, 0.6) is 0 Å². The van der Waals surface area contributed by atoms with Gasteiger partial charge in [-0.25, -0.2) is 0 Å². The Bertz CT molecular complexity index is 2980. The van der Waals surface area contributed by atoms with Gasteiger partial charge in [0.25, 0.3) is 11.8 Å². The van der Waals surface area contributed by atoms with E-state index in [1.165, 1.54) is 15.4 Å². The van der Waals surface area contributed by atoms with Crippen LogP contribution in [0.25, 0.3) is 0 Å². The van der Waals surface area contributed by atoms with Gasteiger partial charge in [0.2, 0.25) is 35.4 Å². The van der Waals surface area contributed by atoms with E-state index >= 15 is 0 Å². The van der Waals surface area contributed by atoms with Crippen LogP contribution in [0.1, 0.15) is 161 Å². The molecule has 0 saturated carbocycles. The van der Waals surface area contributed by atoms with E-state index in [-0.39, 0.29) is 92.4 Å². The molecular formula is C66H88Cl2N10O8. The highest BCUT2D eigenvalue weighted by atomic mass is 35.5. The van der Waals surface area contributed by atoms with Crippen molar-refractivity contribution in [2.24, 2.45) is 10.8 Å². The van der Waals surface area contributed by atoms with E-state index in [1.54, 1.807) is 76.5 Å². The van der Waals surface area contributed by atoms with Gasteiger partial charge in [0.1, 0.15) is 24.2 Å². The third-order valence-electron chi connectivity index (χ3n) is 16.5. The largest absolute Gasteiger partial charge is 0.348 e. The van der Waals surface area contributed by atoms with Gasteiger partial charge in [-0.3, -0.25) is 38.4 Å². The van der Waals surface area contributed by atoms with Crippen molar-refractivity contribution in [1.29, 1.82) is 0 Å². The van der Waals surface area contributed by atoms with Crippen LogP contribution in [0, 0.1) is 29.6 Å². The summed E-state index contributed by atoms with van der Waals surface area (Å²) in [5.74, 6) is 3.27. The first kappa shape index (κ1) is 69.5. The number of carbonyl (C=O) groups excluding carboxylic acids is 8. The molecule has 2 saturated heterocycles. The molecule has 2 heterocycles. The summed E-state index contributed by atoms with van der Waals surface area (Å²) >= 11 is 0. The highest BCUT2D eigenvalue weighted by Gasteiger charge is 2.48. The molecular weight excluding hydrogens is 1130 g/mol. The highest BCUT2D eigenvalue weighted by molar-refractivity contribution is 5.98. The van der Waals surface area contributed by atoms with E-state index in [0.717, 1.165) is 36.0 Å². The lowest BCUT2D eigenvalue weighted by Crippen LogP contribution is -2.59. The van der Waals surface area contributed by atoms with Crippen LogP contribution in [0.4, 0.5) is 0 Å². The van der Waals surface area contributed by atoms with Gasteiger partial charge in [0.05, 0.1) is 24.2 Å². The standard InChI is InChI=1S/C66H86N10O8.2ClH/c1-13-51(49-22-16-14-19-39(49)2)71-61(81)53-35-47(37-75(53)63(83)55(65(5,6)7)73-57(77)40(3)67-11)69-59(79)45-31-27-42(28-32-45)25-26-43-29-33-46(34-30-43)60(80)70-48-36-54(62(82)72-52-24-18-21-44-20-15-17-23-50(44)52)76(38-48)64(84)56(66(8,9)10)74-58(78)41(4)68-12;;/h14-17,19-20,22-23,27-34,40-41,47-48,51-56,67-68H,13,18,21,24,35-38H2,1-12H3,(H,69,79)(H,70,80)(H,71,81)(H,72,82)(H,73,77)(H,74,78);2*1H/t40-,41-,47-,48-,51+,52+,53-,54-,55+,56+;;/m0../s1. The zero-order chi connectivity index (χ0) is 61.2. The summed E-state index contributed by atoms with van der Waals surface area (Å²) in [6.45, 7) is 18.6. The molecule has 20 heteroatoms. The van der Waals surface area contributed by atoms with Crippen molar-refractivity contribution in [1.82, 2.24) is 52.3 Å². The molecule has 7 rings (SSSR count). The second-order valence-corrected chi connectivity index (χ2v) is 24.8. The van der Waals surface area contributed by atoms with Gasteiger partial charge in [-0.05, 0) is 155 Å². The Hall–Kier alpha value is -7.30. The van der Waals surface area contributed by atoms with E-state index < -0.39 is 76.9 Å². The molecule has 4 aromatic carbocycles. The molecule has 2 aliphatic heterocycles. The Morgan fingerprint density at radius 1 is 0.581 bits per heavy atom. The minimum atomic E-state index is -0.965. The van der Waals surface area contributed by atoms with Crippen molar-refractivity contribution < 1.29 is 38.4 Å². The second kappa shape index (κ2) is 30.4. The van der Waals surface area contributed by atoms with Crippen LogP contribution in [0.2, 0.25) is 0 Å². The van der Waals surface area contributed by atoms with Gasteiger partial charge in [-0.15, -0.1) is 24.8 Å². The van der Waals surface area contributed by atoms with Crippen molar-refractivity contribution >= 4 is 72.1 Å². The SMILES string of the molecule is CC[C@@H](NC(=O)[C@@H]1C[C@H](NC(=O)c2ccc(C#Cc3ccc(C(=O)N[C@H]4C[C@@H](C(=O)N[C@@H]5CCCc6ccccc65)N(C(=O)[C@@H](NC(=O)[C@H](C)NC)C(C)(C)C)C4)cc3)cc2)CN1C(=O)[C@@H](NC(=O)[C@H](C)NC)C(C)(C)C)c1ccccc1C.Cl.Cl. The molecule has 2 fully saturated rings. The van der Waals surface area contributed by atoms with Crippen molar-refractivity contribution in [3.8, 4) is 11.8 Å². The number of benzene rings is 4. The average Bonchev–Trinajstić information content (AvgIpc) is 2.94. The summed E-state index contributed by atoms with van der Waals surface area (Å²) in [5, 5.41) is 24.2. The van der Waals surface area contributed by atoms with Gasteiger partial charge in [-0.1, -0.05) is 109 Å². The summed E-state index contributed by atoms with van der Waals surface area (Å²) in [7, 11) is 3.32. The second-order valence-electron chi connectivity index (χ2n) is 24.8. The Morgan fingerprint density at radius 2 is 1.02 bits per heavy atom. The zero-order valence-corrected chi connectivity index (χ0v) is 53.3. The molecule has 8 N–H and O–H groups in total. The fourth-order valence-electron chi connectivity index (χ4n) is 11.2. The third-order valence-corrected chi connectivity index (χ3v) is 16.5. The highest BCUT2D eigenvalue weighted by Crippen LogP contribution is 2.33. The minimum Gasteiger partial charge on any atom is -0.348 e. The summed E-state index contributed by atoms with van der Waals surface area (Å²) in [6.07, 6.45) is 3.52. The monoisotopic (exact) mass is 1220 g/mol. The molecule has 4 aromatic rings. The molecule has 3 aliphatic rings. The molecule has 0 bridgehead atoms. The summed E-state index contributed by atoms with van der Waals surface area (Å²) in [4.78, 5) is 115. The van der Waals surface area contributed by atoms with Gasteiger partial charge in [0, 0.05) is 47.4 Å². The zero-order valence-electron chi connectivity index (χ0n) is 51.6. The van der Waals surface area contributed by atoms with E-state index in [4.69, 9.17) is 0 Å². The fourth-order valence-corrected chi connectivity index (χ4v) is 11.2. The number of fused-ring (bicyclic) bond motifs is 1. The lowest BCUT2D eigenvalue weighted by molar-refractivity contribution is -0.144. The maximum Gasteiger partial charge on any atom is 0.251 e. The van der Waals surface area contributed by atoms with Crippen molar-refractivity contribution in [3.05, 3.63) is 142 Å². The number of nitrogens with zero attached hydrogens (tertiary/aromatic N) is 2. The number of carbonyl (C=O) groups is 8. The number of likely N-dealkylation sites (tertiary alicyclic amines) is 2. The molecule has 86 heavy (non-hydrogen) atoms. The molecule has 464 valence electrons. The third kappa shape index (κ3) is 17.2. The molecule has 8 amide bonds. The number of nitrogens with one attached hydrogen (secondary N) is 8. The summed E-state index contributed by atoms with van der Waals surface area (Å²) in [6, 6.07) is 22.8. The number of hydrogen-bond donors (Lipinski definition) is 8. The quantitative estimate of drug-likeness (QED) is 0.0512. The first-order valence-corrected chi connectivity index (χ1v) is 29.5. The fraction of sp³-hybridized carbons (Fsp3) is 0.485. The Balaban J connectivity index is 0.00000675. The van der Waals surface area contributed by atoms with E-state index in [0.29, 0.717) is 28.7 Å². The maximum absolute atomic E-state index is 14.6. The first-order valence-electron chi connectivity index (χ1n) is 29.5. The maximum atomic E-state index is 14.6. The normalized spacial score (nSPS) is 19.8. The van der Waals surface area contributed by atoms with Gasteiger partial charge in [-0.2, -0.15) is 0 Å². The van der Waals surface area contributed by atoms with Crippen molar-refractivity contribution in [2.75, 3.05) is 27.2 Å². The number of hydrogen-bond acceptors (Lipinski definition) is 10. The predicted molar refractivity (Wildman–Crippen MR) is 339 cm³/mol. The Kier molecular flexibility index (Phi) is 24.5. The molecule has 18 nitrogen and oxygen atoms in total. The van der Waals surface area contributed by atoms with Gasteiger partial charge in [0.15, 0.2) is 0 Å². The average molecular weight is 1220 g/mol. The minimum absolute atomic E-state index is 0. The molecule has 1 aliphatic carbocycles. The summed E-state index contributed by atoms with van der Waals surface area (Å²) in [5.41, 5.74) is 4.78. The van der Waals surface area contributed by atoms with Gasteiger partial charge < -0.3 is 52.3 Å². The Labute approximate surface area is 519 Å². The molecule has 0 radical (unpaired) electrons. The van der Waals surface area contributed by atoms with Gasteiger partial charge >= 0.3 is 0 Å². The number of halogens is 2. The van der Waals surface area contributed by atoms with Crippen LogP contribution in [0.15, 0.2) is 97.1 Å². The molecule has 0 spiro atoms. The number of rotatable bonds is 18. The van der Waals surface area contributed by atoms with E-state index in [9.17, 15) is 38.4 Å². The van der Waals surface area contributed by atoms with Crippen LogP contribution >= 0.6 is 24.8 Å². The van der Waals surface area contributed by atoms with Crippen LogP contribution < -0.4 is 42.5 Å². The molecule has 10 atom stereocenters. The number of amides is 8. The van der Waals surface area contributed by atoms with Crippen molar-refractivity contribution in [3.63, 3.8) is 0 Å². The lowest BCUT2D eigenvalue weighted by Gasteiger charge is -2.36. The predicted octanol–water partition coefficient (Wildman–Crippen LogP) is 6.38. The molecule has 0 unspecified atom stereocenters. The smallest absolute Gasteiger partial charge is 0.251 e. The Morgan fingerprint density at radius 3 is 1.47 bits per heavy atom. The molecule has 0 aromatic heterocycles. The van der Waals surface area contributed by atoms with Crippen LogP contribution in [-0.2, 0) is 35.2 Å². The summed E-state index contributed by atoms with van der Waals surface area (Å²) < 4.78 is 0. The number of aryl methyl sites for hydroxylation is 2. The lowest BCUT2D eigenvalue weighted by atomic mass is 9.85.